The van der Waals surface area contributed by atoms with Gasteiger partial charge in [-0.2, -0.15) is 9.61 Å². The topological polar surface area (TPSA) is 55.1 Å². The van der Waals surface area contributed by atoms with Gasteiger partial charge in [0, 0.05) is 9.85 Å². The number of nitrogens with one attached hydrogen (secondary N) is 1. The van der Waals surface area contributed by atoms with Gasteiger partial charge >= 0.3 is 0 Å². The van der Waals surface area contributed by atoms with Gasteiger partial charge in [-0.1, -0.05) is 0 Å². The second kappa shape index (κ2) is 4.75. The van der Waals surface area contributed by atoms with Crippen LogP contribution in [-0.4, -0.2) is 26.9 Å². The Morgan fingerprint density at radius 3 is 3.00 bits per heavy atom. The van der Waals surface area contributed by atoms with Crippen molar-refractivity contribution in [3.05, 3.63) is 33.9 Å². The second-order valence-corrected chi connectivity index (χ2v) is 5.59. The summed E-state index contributed by atoms with van der Waals surface area (Å²) in [4.78, 5) is 1.12. The minimum Gasteiger partial charge on any atom is -0.313 e. The summed E-state index contributed by atoms with van der Waals surface area (Å²) in [6.45, 7) is 0.645. The predicted molar refractivity (Wildman–Crippen MR) is 74.6 cm³/mol. The number of hydrogen-bond donors (Lipinski definition) is 1. The number of thiophene rings is 1. The molecule has 0 unspecified atom stereocenters. The number of rotatable bonds is 3. The molecule has 3 aromatic rings. The van der Waals surface area contributed by atoms with Crippen LogP contribution in [0.2, 0.25) is 0 Å². The molecule has 3 aromatic heterocycles. The highest BCUT2D eigenvalue weighted by Crippen LogP contribution is 2.28. The average Bonchev–Trinajstić information content (AvgIpc) is 2.96. The molecule has 5 nitrogen and oxygen atoms in total. The van der Waals surface area contributed by atoms with E-state index in [0.717, 1.165) is 26.5 Å². The van der Waals surface area contributed by atoms with Gasteiger partial charge in [0.1, 0.15) is 5.69 Å². The van der Waals surface area contributed by atoms with Gasteiger partial charge in [0.15, 0.2) is 11.5 Å². The van der Waals surface area contributed by atoms with Crippen molar-refractivity contribution in [3.8, 4) is 10.6 Å². The standard InChI is InChI=1S/C11H10BrN5S/c1-13-5-11-15-14-10-3-2-8(16-17(10)11)9-4-7(12)6-18-9/h2-4,6,13H,5H2,1H3. The molecule has 0 fully saturated rings. The lowest BCUT2D eigenvalue weighted by atomic mass is 10.3. The first kappa shape index (κ1) is 11.8. The molecule has 3 heterocycles. The molecule has 0 bridgehead atoms. The fourth-order valence-corrected chi connectivity index (χ4v) is 3.07. The molecule has 0 amide bonds. The van der Waals surface area contributed by atoms with Gasteiger partial charge in [-0.25, -0.2) is 0 Å². The van der Waals surface area contributed by atoms with Crippen LogP contribution in [0.5, 0.6) is 0 Å². The Morgan fingerprint density at radius 1 is 1.39 bits per heavy atom. The van der Waals surface area contributed by atoms with E-state index in [0.29, 0.717) is 6.54 Å². The SMILES string of the molecule is CNCc1nnc2ccc(-c3cc(Br)cs3)nn12. The normalized spacial score (nSPS) is 11.2. The summed E-state index contributed by atoms with van der Waals surface area (Å²) >= 11 is 5.11. The van der Waals surface area contributed by atoms with Crippen molar-refractivity contribution >= 4 is 32.9 Å². The third-order valence-electron chi connectivity index (χ3n) is 2.48. The van der Waals surface area contributed by atoms with E-state index in [1.54, 1.807) is 15.9 Å². The van der Waals surface area contributed by atoms with Crippen LogP contribution in [0.15, 0.2) is 28.1 Å². The van der Waals surface area contributed by atoms with Crippen LogP contribution in [0.1, 0.15) is 5.82 Å². The quantitative estimate of drug-likeness (QED) is 0.803. The van der Waals surface area contributed by atoms with Gasteiger partial charge in [0.2, 0.25) is 0 Å². The summed E-state index contributed by atoms with van der Waals surface area (Å²) in [6.07, 6.45) is 0. The smallest absolute Gasteiger partial charge is 0.177 e. The first-order chi connectivity index (χ1) is 8.78. The molecule has 0 spiro atoms. The number of fused-ring (bicyclic) bond motifs is 1. The summed E-state index contributed by atoms with van der Waals surface area (Å²) in [6, 6.07) is 5.95. The number of hydrogen-bond acceptors (Lipinski definition) is 5. The van der Waals surface area contributed by atoms with Gasteiger partial charge in [-0.15, -0.1) is 21.5 Å². The van der Waals surface area contributed by atoms with Crippen LogP contribution < -0.4 is 5.32 Å². The predicted octanol–water partition coefficient (Wildman–Crippen LogP) is 2.33. The van der Waals surface area contributed by atoms with E-state index < -0.39 is 0 Å². The maximum Gasteiger partial charge on any atom is 0.177 e. The van der Waals surface area contributed by atoms with Crippen LogP contribution in [0.3, 0.4) is 0 Å². The van der Waals surface area contributed by atoms with E-state index >= 15 is 0 Å². The molecule has 0 atom stereocenters. The zero-order valence-corrected chi connectivity index (χ0v) is 12.0. The molecule has 0 aliphatic heterocycles. The molecule has 0 aliphatic rings. The monoisotopic (exact) mass is 323 g/mol. The lowest BCUT2D eigenvalue weighted by molar-refractivity contribution is 0.719. The van der Waals surface area contributed by atoms with E-state index in [-0.39, 0.29) is 0 Å². The fourth-order valence-electron chi connectivity index (χ4n) is 1.68. The highest BCUT2D eigenvalue weighted by Gasteiger charge is 2.09. The van der Waals surface area contributed by atoms with E-state index in [9.17, 15) is 0 Å². The summed E-state index contributed by atoms with van der Waals surface area (Å²) in [5.41, 5.74) is 1.69. The molecular formula is C11H10BrN5S. The zero-order valence-electron chi connectivity index (χ0n) is 9.59. The van der Waals surface area contributed by atoms with Gasteiger partial charge in [-0.05, 0) is 41.2 Å². The molecule has 0 saturated heterocycles. The van der Waals surface area contributed by atoms with Crippen LogP contribution in [-0.2, 0) is 6.54 Å². The fraction of sp³-hybridized carbons (Fsp3) is 0.182. The summed E-state index contributed by atoms with van der Waals surface area (Å²) in [5.74, 6) is 0.810. The summed E-state index contributed by atoms with van der Waals surface area (Å²) < 4.78 is 2.85. The Kier molecular flexibility index (Phi) is 3.11. The van der Waals surface area contributed by atoms with Crippen molar-refractivity contribution in [2.24, 2.45) is 0 Å². The molecule has 0 radical (unpaired) electrons. The molecule has 3 rings (SSSR count). The Labute approximate surface area is 116 Å². The highest BCUT2D eigenvalue weighted by molar-refractivity contribution is 9.10. The van der Waals surface area contributed by atoms with Crippen molar-refractivity contribution in [1.29, 1.82) is 0 Å². The van der Waals surface area contributed by atoms with E-state index in [1.807, 2.05) is 24.6 Å². The molecule has 7 heteroatoms. The second-order valence-electron chi connectivity index (χ2n) is 3.76. The van der Waals surface area contributed by atoms with Crippen LogP contribution in [0.4, 0.5) is 0 Å². The largest absolute Gasteiger partial charge is 0.313 e. The van der Waals surface area contributed by atoms with Crippen molar-refractivity contribution in [1.82, 2.24) is 25.1 Å². The Hall–Kier alpha value is -1.31. The summed E-state index contributed by atoms with van der Waals surface area (Å²) in [7, 11) is 1.88. The molecule has 18 heavy (non-hydrogen) atoms. The van der Waals surface area contributed by atoms with Crippen LogP contribution in [0.25, 0.3) is 16.2 Å². The van der Waals surface area contributed by atoms with Crippen molar-refractivity contribution in [3.63, 3.8) is 0 Å². The van der Waals surface area contributed by atoms with E-state index in [1.165, 1.54) is 0 Å². The first-order valence-electron chi connectivity index (χ1n) is 5.38. The third-order valence-corrected chi connectivity index (χ3v) is 4.20. The highest BCUT2D eigenvalue weighted by atomic mass is 79.9. The molecule has 0 saturated carbocycles. The summed E-state index contributed by atoms with van der Waals surface area (Å²) in [5, 5.41) is 17.9. The van der Waals surface area contributed by atoms with Crippen molar-refractivity contribution in [2.75, 3.05) is 7.05 Å². The third kappa shape index (κ3) is 2.05. The minimum absolute atomic E-state index is 0.645. The lowest BCUT2D eigenvalue weighted by Gasteiger charge is -2.00. The van der Waals surface area contributed by atoms with Crippen molar-refractivity contribution < 1.29 is 0 Å². The van der Waals surface area contributed by atoms with Crippen molar-refractivity contribution in [2.45, 2.75) is 6.54 Å². The maximum absolute atomic E-state index is 4.58. The Bertz CT molecular complexity index is 690. The minimum atomic E-state index is 0.645. The molecular weight excluding hydrogens is 314 g/mol. The van der Waals surface area contributed by atoms with Crippen LogP contribution in [0, 0.1) is 0 Å². The van der Waals surface area contributed by atoms with E-state index in [2.05, 4.69) is 42.6 Å². The first-order valence-corrected chi connectivity index (χ1v) is 7.05. The Balaban J connectivity index is 2.11. The zero-order chi connectivity index (χ0) is 12.5. The molecule has 1 N–H and O–H groups in total. The average molecular weight is 324 g/mol. The van der Waals surface area contributed by atoms with Gasteiger partial charge < -0.3 is 5.32 Å². The van der Waals surface area contributed by atoms with Gasteiger partial charge in [0.05, 0.1) is 11.4 Å². The van der Waals surface area contributed by atoms with Crippen LogP contribution >= 0.6 is 27.3 Å². The molecule has 92 valence electrons. The number of aromatic nitrogens is 4. The van der Waals surface area contributed by atoms with Gasteiger partial charge in [-0.3, -0.25) is 0 Å². The molecule has 0 aromatic carbocycles. The molecule has 0 aliphatic carbocycles. The maximum atomic E-state index is 4.58. The number of nitrogens with zero attached hydrogens (tertiary/aromatic N) is 4. The van der Waals surface area contributed by atoms with Gasteiger partial charge in [0.25, 0.3) is 0 Å². The van der Waals surface area contributed by atoms with E-state index in [4.69, 9.17) is 0 Å². The lowest BCUT2D eigenvalue weighted by Crippen LogP contribution is -2.10. The Morgan fingerprint density at radius 2 is 2.28 bits per heavy atom. The number of halogens is 1.